The Labute approximate surface area is 94.0 Å². The summed E-state index contributed by atoms with van der Waals surface area (Å²) in [5.74, 6) is 1.31. The lowest BCUT2D eigenvalue weighted by molar-refractivity contribution is 0.507. The van der Waals surface area contributed by atoms with E-state index in [1.54, 1.807) is 11.3 Å². The molecule has 3 heteroatoms. The molecule has 0 radical (unpaired) electrons. The SMILES string of the molecule is Cc1csc2nc3c(n12)C(C)CCC3C. The van der Waals surface area contributed by atoms with Gasteiger partial charge >= 0.3 is 0 Å². The number of thiazole rings is 1. The zero-order valence-corrected chi connectivity index (χ0v) is 10.3. The third-order valence-electron chi connectivity index (χ3n) is 3.56. The first-order chi connectivity index (χ1) is 7.18. The zero-order chi connectivity index (χ0) is 10.6. The van der Waals surface area contributed by atoms with Crippen molar-refractivity contribution in [2.45, 2.75) is 45.4 Å². The third-order valence-corrected chi connectivity index (χ3v) is 4.51. The number of imidazole rings is 1. The van der Waals surface area contributed by atoms with Gasteiger partial charge in [-0.3, -0.25) is 4.40 Å². The summed E-state index contributed by atoms with van der Waals surface area (Å²) in [5, 5.41) is 2.20. The lowest BCUT2D eigenvalue weighted by atomic mass is 9.85. The number of aryl methyl sites for hydroxylation is 1. The number of hydrogen-bond donors (Lipinski definition) is 0. The summed E-state index contributed by atoms with van der Waals surface area (Å²) in [4.78, 5) is 5.97. The molecule has 0 bridgehead atoms. The molecule has 2 aromatic heterocycles. The van der Waals surface area contributed by atoms with Gasteiger partial charge in [0.05, 0.1) is 5.69 Å². The van der Waals surface area contributed by atoms with E-state index >= 15 is 0 Å². The number of hydrogen-bond acceptors (Lipinski definition) is 2. The summed E-state index contributed by atoms with van der Waals surface area (Å²) in [7, 11) is 0. The fraction of sp³-hybridized carbons (Fsp3) is 0.583. The van der Waals surface area contributed by atoms with E-state index in [0.29, 0.717) is 11.8 Å². The normalized spacial score (nSPS) is 25.8. The molecule has 2 aromatic rings. The molecule has 0 aromatic carbocycles. The van der Waals surface area contributed by atoms with Crippen molar-refractivity contribution < 1.29 is 0 Å². The first-order valence-corrected chi connectivity index (χ1v) is 6.52. The number of aromatic nitrogens is 2. The van der Waals surface area contributed by atoms with E-state index in [0.717, 1.165) is 0 Å². The van der Waals surface area contributed by atoms with Crippen molar-refractivity contribution in [3.8, 4) is 0 Å². The highest BCUT2D eigenvalue weighted by Gasteiger charge is 2.28. The van der Waals surface area contributed by atoms with Crippen LogP contribution in [0.4, 0.5) is 0 Å². The summed E-state index contributed by atoms with van der Waals surface area (Å²) in [6.07, 6.45) is 2.59. The Morgan fingerprint density at radius 2 is 2.07 bits per heavy atom. The molecular formula is C12H16N2S. The van der Waals surface area contributed by atoms with Crippen LogP contribution in [0.15, 0.2) is 5.38 Å². The van der Waals surface area contributed by atoms with E-state index < -0.39 is 0 Å². The second-order valence-electron chi connectivity index (χ2n) is 4.76. The first-order valence-electron chi connectivity index (χ1n) is 5.65. The molecule has 3 rings (SSSR count). The van der Waals surface area contributed by atoms with Crippen molar-refractivity contribution in [3.63, 3.8) is 0 Å². The molecular weight excluding hydrogens is 204 g/mol. The van der Waals surface area contributed by atoms with Crippen LogP contribution in [0.3, 0.4) is 0 Å². The van der Waals surface area contributed by atoms with Crippen molar-refractivity contribution in [2.75, 3.05) is 0 Å². The molecule has 15 heavy (non-hydrogen) atoms. The van der Waals surface area contributed by atoms with Gasteiger partial charge in [0.2, 0.25) is 0 Å². The van der Waals surface area contributed by atoms with Crippen molar-refractivity contribution in [3.05, 3.63) is 22.5 Å². The van der Waals surface area contributed by atoms with Crippen molar-refractivity contribution in [1.29, 1.82) is 0 Å². The average Bonchev–Trinajstić information content (AvgIpc) is 2.74. The highest BCUT2D eigenvalue weighted by Crippen LogP contribution is 2.39. The Morgan fingerprint density at radius 3 is 2.87 bits per heavy atom. The van der Waals surface area contributed by atoms with Gasteiger partial charge in [0, 0.05) is 22.7 Å². The molecule has 0 N–H and O–H groups in total. The smallest absolute Gasteiger partial charge is 0.194 e. The quantitative estimate of drug-likeness (QED) is 0.661. The van der Waals surface area contributed by atoms with Gasteiger partial charge in [-0.05, 0) is 25.7 Å². The van der Waals surface area contributed by atoms with Crippen LogP contribution in [0, 0.1) is 6.92 Å². The molecule has 2 nitrogen and oxygen atoms in total. The van der Waals surface area contributed by atoms with E-state index in [9.17, 15) is 0 Å². The molecule has 1 aliphatic carbocycles. The van der Waals surface area contributed by atoms with Gasteiger partial charge < -0.3 is 0 Å². The molecule has 0 amide bonds. The lowest BCUT2D eigenvalue weighted by Crippen LogP contribution is -2.12. The molecule has 0 spiro atoms. The summed E-state index contributed by atoms with van der Waals surface area (Å²) < 4.78 is 2.36. The number of nitrogens with zero attached hydrogens (tertiary/aromatic N) is 2. The maximum absolute atomic E-state index is 4.79. The van der Waals surface area contributed by atoms with Crippen molar-refractivity contribution in [2.24, 2.45) is 0 Å². The van der Waals surface area contributed by atoms with E-state index in [1.807, 2.05) is 0 Å². The maximum Gasteiger partial charge on any atom is 0.194 e. The largest absolute Gasteiger partial charge is 0.291 e. The fourth-order valence-electron chi connectivity index (χ4n) is 2.65. The Morgan fingerprint density at radius 1 is 1.33 bits per heavy atom. The summed E-state index contributed by atoms with van der Waals surface area (Å²) in [6, 6.07) is 0. The molecule has 2 unspecified atom stereocenters. The van der Waals surface area contributed by atoms with E-state index in [1.165, 1.54) is 34.9 Å². The molecule has 0 fully saturated rings. The van der Waals surface area contributed by atoms with Crippen LogP contribution in [-0.4, -0.2) is 9.38 Å². The Hall–Kier alpha value is -0.830. The highest BCUT2D eigenvalue weighted by atomic mass is 32.1. The average molecular weight is 220 g/mol. The summed E-state index contributed by atoms with van der Waals surface area (Å²) >= 11 is 1.76. The van der Waals surface area contributed by atoms with E-state index in [4.69, 9.17) is 4.98 Å². The Balaban J connectivity index is 2.35. The minimum Gasteiger partial charge on any atom is -0.291 e. The first kappa shape index (κ1) is 9.40. The molecule has 0 aliphatic heterocycles. The minimum absolute atomic E-state index is 0.641. The van der Waals surface area contributed by atoms with Crippen LogP contribution >= 0.6 is 11.3 Å². The predicted molar refractivity (Wildman–Crippen MR) is 63.9 cm³/mol. The molecule has 0 saturated heterocycles. The maximum atomic E-state index is 4.79. The second-order valence-corrected chi connectivity index (χ2v) is 5.59. The summed E-state index contributed by atoms with van der Waals surface area (Å²) in [6.45, 7) is 6.81. The van der Waals surface area contributed by atoms with Crippen LogP contribution in [0.5, 0.6) is 0 Å². The van der Waals surface area contributed by atoms with Gasteiger partial charge in [-0.1, -0.05) is 13.8 Å². The van der Waals surface area contributed by atoms with Gasteiger partial charge in [0.1, 0.15) is 0 Å². The van der Waals surface area contributed by atoms with Gasteiger partial charge in [-0.2, -0.15) is 0 Å². The molecule has 2 atom stereocenters. The predicted octanol–water partition coefficient (Wildman–Crippen LogP) is 3.71. The lowest BCUT2D eigenvalue weighted by Gasteiger charge is -2.23. The van der Waals surface area contributed by atoms with Crippen LogP contribution in [-0.2, 0) is 0 Å². The molecule has 1 aliphatic rings. The standard InChI is InChI=1S/C12H16N2S/c1-7-4-5-8(2)11-10(7)13-12-14(11)9(3)6-15-12/h6-8H,4-5H2,1-3H3. The van der Waals surface area contributed by atoms with Crippen molar-refractivity contribution in [1.82, 2.24) is 9.38 Å². The van der Waals surface area contributed by atoms with Crippen LogP contribution < -0.4 is 0 Å². The minimum atomic E-state index is 0.641. The Kier molecular flexibility index (Phi) is 1.93. The van der Waals surface area contributed by atoms with Gasteiger partial charge in [-0.25, -0.2) is 4.98 Å². The van der Waals surface area contributed by atoms with Crippen LogP contribution in [0.2, 0.25) is 0 Å². The van der Waals surface area contributed by atoms with Crippen LogP contribution in [0.25, 0.3) is 4.96 Å². The molecule has 0 saturated carbocycles. The second kappa shape index (κ2) is 3.08. The van der Waals surface area contributed by atoms with E-state index in [-0.39, 0.29) is 0 Å². The topological polar surface area (TPSA) is 17.3 Å². The fourth-order valence-corrected chi connectivity index (χ4v) is 3.53. The number of fused-ring (bicyclic) bond motifs is 3. The van der Waals surface area contributed by atoms with Crippen LogP contribution in [0.1, 0.15) is 55.6 Å². The van der Waals surface area contributed by atoms with Gasteiger partial charge in [0.25, 0.3) is 0 Å². The zero-order valence-electron chi connectivity index (χ0n) is 9.45. The van der Waals surface area contributed by atoms with Crippen molar-refractivity contribution >= 4 is 16.3 Å². The van der Waals surface area contributed by atoms with Gasteiger partial charge in [-0.15, -0.1) is 11.3 Å². The van der Waals surface area contributed by atoms with E-state index in [2.05, 4.69) is 30.6 Å². The number of rotatable bonds is 0. The van der Waals surface area contributed by atoms with Gasteiger partial charge in [0.15, 0.2) is 4.96 Å². The summed E-state index contributed by atoms with van der Waals surface area (Å²) in [5.41, 5.74) is 4.16. The third kappa shape index (κ3) is 1.19. The highest BCUT2D eigenvalue weighted by molar-refractivity contribution is 7.15. The molecule has 2 heterocycles. The molecule has 80 valence electrons. The monoisotopic (exact) mass is 220 g/mol. The Bertz CT molecular complexity index is 509.